The lowest BCUT2D eigenvalue weighted by atomic mass is 10.0. The molecular weight excluding hydrogens is 346 g/mol. The van der Waals surface area contributed by atoms with Gasteiger partial charge in [-0.15, -0.1) is 0 Å². The molecule has 3 rings (SSSR count). The smallest absolute Gasteiger partial charge is 0.408 e. The summed E-state index contributed by atoms with van der Waals surface area (Å²) in [5.74, 6) is -1.22. The highest BCUT2D eigenvalue weighted by atomic mass is 32.2. The van der Waals surface area contributed by atoms with E-state index in [1.54, 1.807) is 6.07 Å². The molecule has 1 aliphatic heterocycles. The molecule has 0 saturated heterocycles. The fourth-order valence-corrected chi connectivity index (χ4v) is 4.05. The Kier molecular flexibility index (Phi) is 4.22. The summed E-state index contributed by atoms with van der Waals surface area (Å²) in [6.07, 6.45) is 0.493. The first kappa shape index (κ1) is 17.0. The lowest BCUT2D eigenvalue weighted by Gasteiger charge is -2.10. The summed E-state index contributed by atoms with van der Waals surface area (Å²) in [5, 5.41) is 12.5. The standard InChI is InChI=1S/C17H15NO6S/c1-10(16(19)20)18-17(21)24-9-12-8-14-13-5-3-2-4-11(13)6-7-15(14)25(12,22)23/h2-8,10H,9H2,1H3,(H,18,21)(H,19,20)/t10-/m0/s1. The molecule has 130 valence electrons. The van der Waals surface area contributed by atoms with Crippen molar-refractivity contribution < 1.29 is 27.9 Å². The van der Waals surface area contributed by atoms with Gasteiger partial charge in [0.2, 0.25) is 9.84 Å². The van der Waals surface area contributed by atoms with Crippen LogP contribution in [0.5, 0.6) is 0 Å². The molecule has 0 fully saturated rings. The van der Waals surface area contributed by atoms with Gasteiger partial charge in [-0.2, -0.15) is 0 Å². The van der Waals surface area contributed by atoms with Gasteiger partial charge in [0.25, 0.3) is 0 Å². The van der Waals surface area contributed by atoms with Gasteiger partial charge in [0, 0.05) is 5.56 Å². The summed E-state index contributed by atoms with van der Waals surface area (Å²) in [5.41, 5.74) is 0.566. The normalized spacial score (nSPS) is 16.0. The third-order valence-electron chi connectivity index (χ3n) is 3.92. The molecule has 0 unspecified atom stereocenters. The maximum Gasteiger partial charge on any atom is 0.408 e. The van der Waals surface area contributed by atoms with Crippen LogP contribution in [-0.4, -0.2) is 38.2 Å². The highest BCUT2D eigenvalue weighted by Crippen LogP contribution is 2.37. The average molecular weight is 361 g/mol. The van der Waals surface area contributed by atoms with E-state index in [2.05, 4.69) is 5.32 Å². The minimum absolute atomic E-state index is 0.0445. The van der Waals surface area contributed by atoms with Gasteiger partial charge in [0.05, 0.1) is 9.80 Å². The van der Waals surface area contributed by atoms with Crippen molar-refractivity contribution in [2.45, 2.75) is 17.9 Å². The molecule has 8 heteroatoms. The topological polar surface area (TPSA) is 110 Å². The number of carbonyl (C=O) groups excluding carboxylic acids is 1. The number of nitrogens with one attached hydrogen (secondary N) is 1. The van der Waals surface area contributed by atoms with Gasteiger partial charge in [-0.3, -0.25) is 4.79 Å². The summed E-state index contributed by atoms with van der Waals surface area (Å²) in [6.45, 7) is 0.806. The second kappa shape index (κ2) is 6.21. The monoisotopic (exact) mass is 361 g/mol. The first-order valence-electron chi connectivity index (χ1n) is 7.44. The van der Waals surface area contributed by atoms with Crippen molar-refractivity contribution in [2.24, 2.45) is 0 Å². The lowest BCUT2D eigenvalue weighted by molar-refractivity contribution is -0.138. The van der Waals surface area contributed by atoms with Crippen molar-refractivity contribution in [2.75, 3.05) is 6.61 Å². The molecule has 25 heavy (non-hydrogen) atoms. The maximum absolute atomic E-state index is 12.6. The molecule has 1 aliphatic rings. The minimum atomic E-state index is -3.74. The molecule has 2 N–H and O–H groups in total. The van der Waals surface area contributed by atoms with Gasteiger partial charge < -0.3 is 15.2 Å². The van der Waals surface area contributed by atoms with Gasteiger partial charge in [-0.1, -0.05) is 30.3 Å². The fourth-order valence-electron chi connectivity index (χ4n) is 2.57. The summed E-state index contributed by atoms with van der Waals surface area (Å²) in [7, 11) is -3.74. The highest BCUT2D eigenvalue weighted by Gasteiger charge is 2.31. The maximum atomic E-state index is 12.6. The number of rotatable bonds is 4. The largest absolute Gasteiger partial charge is 0.480 e. The number of ether oxygens (including phenoxy) is 1. The molecule has 1 atom stereocenters. The summed E-state index contributed by atoms with van der Waals surface area (Å²) >= 11 is 0. The molecule has 2 aromatic rings. The van der Waals surface area contributed by atoms with Crippen LogP contribution >= 0.6 is 0 Å². The van der Waals surface area contributed by atoms with Gasteiger partial charge >= 0.3 is 12.1 Å². The molecule has 0 aliphatic carbocycles. The summed E-state index contributed by atoms with van der Waals surface area (Å²) in [4.78, 5) is 22.4. The van der Waals surface area contributed by atoms with Crippen LogP contribution in [0.4, 0.5) is 4.79 Å². The quantitative estimate of drug-likeness (QED) is 0.864. The van der Waals surface area contributed by atoms with Crippen molar-refractivity contribution in [1.29, 1.82) is 0 Å². The van der Waals surface area contributed by atoms with Gasteiger partial charge in [-0.25, -0.2) is 13.2 Å². The molecule has 0 radical (unpaired) electrons. The van der Waals surface area contributed by atoms with Crippen LogP contribution in [0.25, 0.3) is 16.8 Å². The number of carboxylic acids is 1. The van der Waals surface area contributed by atoms with Gasteiger partial charge in [0.15, 0.2) is 0 Å². The van der Waals surface area contributed by atoms with Crippen molar-refractivity contribution in [3.8, 4) is 0 Å². The number of alkyl carbamates (subject to hydrolysis) is 1. The van der Waals surface area contributed by atoms with Crippen LogP contribution in [-0.2, 0) is 19.4 Å². The Bertz CT molecular complexity index is 1010. The van der Waals surface area contributed by atoms with Crippen molar-refractivity contribution in [3.63, 3.8) is 0 Å². The van der Waals surface area contributed by atoms with Gasteiger partial charge in [-0.05, 0) is 29.8 Å². The number of carbonyl (C=O) groups is 2. The van der Waals surface area contributed by atoms with E-state index < -0.39 is 34.5 Å². The number of sulfone groups is 1. The van der Waals surface area contributed by atoms with Crippen LogP contribution in [0.15, 0.2) is 46.2 Å². The van der Waals surface area contributed by atoms with Crippen molar-refractivity contribution in [1.82, 2.24) is 5.32 Å². The Balaban J connectivity index is 1.84. The van der Waals surface area contributed by atoms with Crippen LogP contribution in [0.1, 0.15) is 12.5 Å². The summed E-state index contributed by atoms with van der Waals surface area (Å²) < 4.78 is 30.1. The molecular formula is C17H15NO6S. The number of aliphatic carboxylic acids is 1. The second-order valence-electron chi connectivity index (χ2n) is 5.59. The Hall–Kier alpha value is -2.87. The molecule has 2 aromatic carbocycles. The highest BCUT2D eigenvalue weighted by molar-refractivity contribution is 7.95. The number of hydrogen-bond donors (Lipinski definition) is 2. The van der Waals surface area contributed by atoms with Crippen molar-refractivity contribution in [3.05, 3.63) is 46.9 Å². The predicted octanol–water partition coefficient (Wildman–Crippen LogP) is 2.17. The predicted molar refractivity (Wildman–Crippen MR) is 90.7 cm³/mol. The molecule has 1 heterocycles. The third kappa shape index (κ3) is 3.08. The van der Waals surface area contributed by atoms with E-state index in [-0.39, 0.29) is 9.80 Å². The number of hydrogen-bond acceptors (Lipinski definition) is 5. The Morgan fingerprint density at radius 2 is 1.92 bits per heavy atom. The molecule has 0 spiro atoms. The van der Waals surface area contributed by atoms with Crippen LogP contribution in [0.2, 0.25) is 0 Å². The average Bonchev–Trinajstić information content (AvgIpc) is 2.83. The zero-order valence-corrected chi connectivity index (χ0v) is 14.0. The Labute approximate surface area is 143 Å². The lowest BCUT2D eigenvalue weighted by Crippen LogP contribution is -2.38. The molecule has 0 bridgehead atoms. The molecule has 0 saturated carbocycles. The van der Waals surface area contributed by atoms with E-state index >= 15 is 0 Å². The van der Waals surface area contributed by atoms with E-state index in [0.29, 0.717) is 5.56 Å². The van der Waals surface area contributed by atoms with Crippen LogP contribution in [0.3, 0.4) is 0 Å². The van der Waals surface area contributed by atoms with E-state index in [1.165, 1.54) is 19.1 Å². The van der Waals surface area contributed by atoms with Gasteiger partial charge in [0.1, 0.15) is 12.6 Å². The number of fused-ring (bicyclic) bond motifs is 3. The molecule has 7 nitrogen and oxygen atoms in total. The minimum Gasteiger partial charge on any atom is -0.480 e. The molecule has 1 amide bonds. The van der Waals surface area contributed by atoms with Crippen LogP contribution < -0.4 is 5.32 Å². The number of benzene rings is 2. The number of amides is 1. The third-order valence-corrected chi connectivity index (χ3v) is 5.78. The van der Waals surface area contributed by atoms with Crippen molar-refractivity contribution >= 4 is 38.7 Å². The first-order valence-corrected chi connectivity index (χ1v) is 8.92. The summed E-state index contributed by atoms with van der Waals surface area (Å²) in [6, 6.07) is 9.50. The van der Waals surface area contributed by atoms with E-state index in [4.69, 9.17) is 9.84 Å². The Morgan fingerprint density at radius 3 is 2.64 bits per heavy atom. The SMILES string of the molecule is C[C@H](NC(=O)OCC1=Cc2c(ccc3ccccc23)S1(=O)=O)C(=O)O. The van der Waals surface area contributed by atoms with E-state index in [1.807, 2.05) is 24.3 Å². The van der Waals surface area contributed by atoms with E-state index in [0.717, 1.165) is 10.8 Å². The Morgan fingerprint density at radius 1 is 1.20 bits per heavy atom. The fraction of sp³-hybridized carbons (Fsp3) is 0.176. The molecule has 0 aromatic heterocycles. The zero-order chi connectivity index (χ0) is 18.2. The zero-order valence-electron chi connectivity index (χ0n) is 13.2. The number of carboxylic acid groups (broad SMARTS) is 1. The second-order valence-corrected chi connectivity index (χ2v) is 7.56. The first-order chi connectivity index (χ1) is 11.8. The van der Waals surface area contributed by atoms with E-state index in [9.17, 15) is 18.0 Å². The van der Waals surface area contributed by atoms with Crippen LogP contribution in [0, 0.1) is 0 Å².